The van der Waals surface area contributed by atoms with Crippen molar-refractivity contribution in [3.05, 3.63) is 53.6 Å². The highest BCUT2D eigenvalue weighted by Crippen LogP contribution is 2.21. The number of aromatic carboxylic acids is 1. The van der Waals surface area contributed by atoms with Crippen molar-refractivity contribution >= 4 is 5.97 Å². The smallest absolute Gasteiger partial charge is 0.357 e. The SMILES string of the molecule is C[C@H](c1ccc(F)cc1)n1cnc(F)c1C(=O)O. The van der Waals surface area contributed by atoms with Gasteiger partial charge < -0.3 is 9.67 Å². The number of nitrogens with zero attached hydrogens (tertiary/aromatic N) is 2. The average Bonchev–Trinajstić information content (AvgIpc) is 2.71. The maximum absolute atomic E-state index is 13.2. The van der Waals surface area contributed by atoms with Crippen molar-refractivity contribution in [3.8, 4) is 0 Å². The van der Waals surface area contributed by atoms with Crippen molar-refractivity contribution in [1.82, 2.24) is 9.55 Å². The van der Waals surface area contributed by atoms with E-state index in [0.717, 1.165) is 6.33 Å². The lowest BCUT2D eigenvalue weighted by atomic mass is 10.1. The maximum Gasteiger partial charge on any atom is 0.357 e. The minimum atomic E-state index is -1.39. The van der Waals surface area contributed by atoms with Crippen molar-refractivity contribution in [3.63, 3.8) is 0 Å². The molecule has 0 saturated heterocycles. The molecule has 6 heteroatoms. The van der Waals surface area contributed by atoms with Crippen LogP contribution in [0.25, 0.3) is 0 Å². The number of halogens is 2. The number of carbonyl (C=O) groups is 1. The van der Waals surface area contributed by atoms with Gasteiger partial charge in [-0.15, -0.1) is 0 Å². The van der Waals surface area contributed by atoms with E-state index in [-0.39, 0.29) is 5.82 Å². The third kappa shape index (κ3) is 2.09. The molecule has 0 saturated carbocycles. The molecule has 94 valence electrons. The summed E-state index contributed by atoms with van der Waals surface area (Å²) in [6, 6.07) is 5.11. The van der Waals surface area contributed by atoms with E-state index in [1.165, 1.54) is 28.8 Å². The lowest BCUT2D eigenvalue weighted by Crippen LogP contribution is -2.14. The van der Waals surface area contributed by atoms with Crippen LogP contribution in [0.4, 0.5) is 8.78 Å². The summed E-state index contributed by atoms with van der Waals surface area (Å²) in [5.41, 5.74) is 0.156. The van der Waals surface area contributed by atoms with E-state index >= 15 is 0 Å². The topological polar surface area (TPSA) is 55.1 Å². The number of hydrogen-bond acceptors (Lipinski definition) is 2. The van der Waals surface area contributed by atoms with E-state index in [1.54, 1.807) is 6.92 Å². The first-order valence-electron chi connectivity index (χ1n) is 5.21. The quantitative estimate of drug-likeness (QED) is 0.912. The fourth-order valence-corrected chi connectivity index (χ4v) is 1.73. The Balaban J connectivity index is 2.43. The number of carboxylic acids is 1. The van der Waals surface area contributed by atoms with Crippen LogP contribution in [0.3, 0.4) is 0 Å². The molecule has 1 aromatic carbocycles. The van der Waals surface area contributed by atoms with Gasteiger partial charge in [-0.25, -0.2) is 14.2 Å². The van der Waals surface area contributed by atoms with E-state index in [2.05, 4.69) is 4.98 Å². The molecule has 0 spiro atoms. The summed E-state index contributed by atoms with van der Waals surface area (Å²) in [5.74, 6) is -2.81. The molecule has 4 nitrogen and oxygen atoms in total. The number of benzene rings is 1. The summed E-state index contributed by atoms with van der Waals surface area (Å²) in [6.45, 7) is 1.68. The molecule has 18 heavy (non-hydrogen) atoms. The summed E-state index contributed by atoms with van der Waals surface area (Å²) < 4.78 is 27.2. The minimum absolute atomic E-state index is 0.388. The lowest BCUT2D eigenvalue weighted by Gasteiger charge is -2.15. The number of imidazole rings is 1. The highest BCUT2D eigenvalue weighted by atomic mass is 19.1. The monoisotopic (exact) mass is 252 g/mol. The Kier molecular flexibility index (Phi) is 3.10. The Bertz CT molecular complexity index is 578. The van der Waals surface area contributed by atoms with Crippen LogP contribution in [0.5, 0.6) is 0 Å². The summed E-state index contributed by atoms with van der Waals surface area (Å²) in [4.78, 5) is 14.3. The molecule has 0 fully saturated rings. The molecule has 1 aromatic heterocycles. The molecule has 2 aromatic rings. The van der Waals surface area contributed by atoms with Gasteiger partial charge in [0.1, 0.15) is 5.82 Å². The van der Waals surface area contributed by atoms with Crippen molar-refractivity contribution in [2.45, 2.75) is 13.0 Å². The Morgan fingerprint density at radius 3 is 2.50 bits per heavy atom. The van der Waals surface area contributed by atoms with Crippen LogP contribution in [0.2, 0.25) is 0 Å². The molecule has 2 rings (SSSR count). The van der Waals surface area contributed by atoms with E-state index in [1.807, 2.05) is 0 Å². The zero-order chi connectivity index (χ0) is 13.3. The highest BCUT2D eigenvalue weighted by Gasteiger charge is 2.21. The van der Waals surface area contributed by atoms with Crippen molar-refractivity contribution in [2.24, 2.45) is 0 Å². The van der Waals surface area contributed by atoms with Gasteiger partial charge in [-0.1, -0.05) is 12.1 Å². The number of hydrogen-bond donors (Lipinski definition) is 1. The number of aromatic nitrogens is 2. The predicted octanol–water partition coefficient (Wildman–Crippen LogP) is 2.47. The fraction of sp³-hybridized carbons (Fsp3) is 0.167. The van der Waals surface area contributed by atoms with Crippen LogP contribution in [-0.4, -0.2) is 20.6 Å². The number of rotatable bonds is 3. The van der Waals surface area contributed by atoms with Crippen LogP contribution in [0, 0.1) is 11.8 Å². The van der Waals surface area contributed by atoms with Crippen LogP contribution in [0.15, 0.2) is 30.6 Å². The van der Waals surface area contributed by atoms with E-state index in [9.17, 15) is 13.6 Å². The van der Waals surface area contributed by atoms with E-state index < -0.39 is 23.7 Å². The van der Waals surface area contributed by atoms with Crippen molar-refractivity contribution in [1.29, 1.82) is 0 Å². The van der Waals surface area contributed by atoms with Gasteiger partial charge in [-0.2, -0.15) is 4.39 Å². The van der Waals surface area contributed by atoms with Gasteiger partial charge in [0.05, 0.1) is 12.4 Å². The summed E-state index contributed by atoms with van der Waals surface area (Å²) in [7, 11) is 0. The third-order valence-corrected chi connectivity index (χ3v) is 2.72. The molecule has 1 heterocycles. The summed E-state index contributed by atoms with van der Waals surface area (Å²) in [5, 5.41) is 8.91. The molecular formula is C12H10F2N2O2. The fourth-order valence-electron chi connectivity index (χ4n) is 1.73. The Morgan fingerprint density at radius 1 is 1.33 bits per heavy atom. The minimum Gasteiger partial charge on any atom is -0.476 e. The summed E-state index contributed by atoms with van der Waals surface area (Å²) >= 11 is 0. The molecule has 1 atom stereocenters. The molecule has 0 aliphatic heterocycles. The summed E-state index contributed by atoms with van der Waals surface area (Å²) in [6.07, 6.45) is 1.12. The normalized spacial score (nSPS) is 12.4. The van der Waals surface area contributed by atoms with Gasteiger partial charge >= 0.3 is 5.97 Å². The first-order valence-corrected chi connectivity index (χ1v) is 5.21. The zero-order valence-corrected chi connectivity index (χ0v) is 9.47. The molecule has 0 aliphatic rings. The molecule has 0 bridgehead atoms. The molecule has 0 amide bonds. The van der Waals surface area contributed by atoms with Crippen LogP contribution in [0.1, 0.15) is 29.0 Å². The molecule has 0 unspecified atom stereocenters. The average molecular weight is 252 g/mol. The van der Waals surface area contributed by atoms with Gasteiger partial charge in [0.2, 0.25) is 5.95 Å². The first kappa shape index (κ1) is 12.2. The van der Waals surface area contributed by atoms with Gasteiger partial charge in [0.25, 0.3) is 0 Å². The second-order valence-electron chi connectivity index (χ2n) is 3.82. The Labute approximate surface area is 102 Å². The Hall–Kier alpha value is -2.24. The third-order valence-electron chi connectivity index (χ3n) is 2.72. The van der Waals surface area contributed by atoms with Gasteiger partial charge in [-0.3, -0.25) is 0 Å². The van der Waals surface area contributed by atoms with Gasteiger partial charge in [-0.05, 0) is 24.6 Å². The molecule has 1 N–H and O–H groups in total. The standard InChI is InChI=1S/C12H10F2N2O2/c1-7(8-2-4-9(13)5-3-8)16-6-15-11(14)10(16)12(17)18/h2-7H,1H3,(H,17,18)/t7-/m1/s1. The zero-order valence-electron chi connectivity index (χ0n) is 9.47. The van der Waals surface area contributed by atoms with Gasteiger partial charge in [0.15, 0.2) is 5.69 Å². The Morgan fingerprint density at radius 2 is 1.94 bits per heavy atom. The van der Waals surface area contributed by atoms with Gasteiger partial charge in [0, 0.05) is 0 Å². The molecule has 0 radical (unpaired) electrons. The number of carboxylic acid groups (broad SMARTS) is 1. The van der Waals surface area contributed by atoms with E-state index in [4.69, 9.17) is 5.11 Å². The molecular weight excluding hydrogens is 242 g/mol. The molecule has 0 aliphatic carbocycles. The van der Waals surface area contributed by atoms with E-state index in [0.29, 0.717) is 5.56 Å². The second kappa shape index (κ2) is 4.56. The van der Waals surface area contributed by atoms with Crippen LogP contribution < -0.4 is 0 Å². The van der Waals surface area contributed by atoms with Crippen molar-refractivity contribution < 1.29 is 18.7 Å². The van der Waals surface area contributed by atoms with Crippen LogP contribution in [-0.2, 0) is 0 Å². The highest BCUT2D eigenvalue weighted by molar-refractivity contribution is 5.85. The predicted molar refractivity (Wildman–Crippen MR) is 59.4 cm³/mol. The maximum atomic E-state index is 13.2. The second-order valence-corrected chi connectivity index (χ2v) is 3.82. The van der Waals surface area contributed by atoms with Crippen LogP contribution >= 0.6 is 0 Å². The van der Waals surface area contributed by atoms with Crippen molar-refractivity contribution in [2.75, 3.05) is 0 Å². The largest absolute Gasteiger partial charge is 0.476 e. The lowest BCUT2D eigenvalue weighted by molar-refractivity contribution is 0.0678. The first-order chi connectivity index (χ1) is 8.50.